The molecule has 0 aliphatic rings. The van der Waals surface area contributed by atoms with Crippen LogP contribution >= 0.6 is 0 Å². The number of aromatic nitrogens is 5. The fourth-order valence-corrected chi connectivity index (χ4v) is 1.41. The average molecular weight is 237 g/mol. The van der Waals surface area contributed by atoms with Gasteiger partial charge in [-0.2, -0.15) is 5.10 Å². The summed E-state index contributed by atoms with van der Waals surface area (Å²) in [6.45, 7) is 1.80. The second-order valence-electron chi connectivity index (χ2n) is 3.53. The van der Waals surface area contributed by atoms with Crippen molar-refractivity contribution in [3.8, 4) is 0 Å². The van der Waals surface area contributed by atoms with Crippen molar-refractivity contribution in [3.05, 3.63) is 28.5 Å². The van der Waals surface area contributed by atoms with Gasteiger partial charge in [-0.3, -0.25) is 19.9 Å². The highest BCUT2D eigenvalue weighted by Crippen LogP contribution is 2.24. The Kier molecular flexibility index (Phi) is 2.73. The van der Waals surface area contributed by atoms with Crippen LogP contribution in [0, 0.1) is 10.1 Å². The number of rotatable bonds is 4. The van der Waals surface area contributed by atoms with Crippen molar-refractivity contribution in [2.75, 3.05) is 5.32 Å². The van der Waals surface area contributed by atoms with E-state index in [0.29, 0.717) is 5.82 Å². The van der Waals surface area contributed by atoms with Crippen LogP contribution in [-0.4, -0.2) is 29.9 Å². The molecule has 0 fully saturated rings. The maximum Gasteiger partial charge on any atom is 0.330 e. The molecule has 0 radical (unpaired) electrons. The van der Waals surface area contributed by atoms with Crippen molar-refractivity contribution in [1.82, 2.24) is 25.0 Å². The zero-order valence-electron chi connectivity index (χ0n) is 9.28. The van der Waals surface area contributed by atoms with Crippen molar-refractivity contribution >= 4 is 11.5 Å². The third-order valence-corrected chi connectivity index (χ3v) is 2.20. The van der Waals surface area contributed by atoms with Gasteiger partial charge >= 0.3 is 5.69 Å². The number of nitrogens with zero attached hydrogens (tertiary/aromatic N) is 5. The Hall–Kier alpha value is -2.45. The molecule has 1 unspecified atom stereocenters. The summed E-state index contributed by atoms with van der Waals surface area (Å²) in [5.41, 5.74) is -0.0705. The minimum Gasteiger partial charge on any atom is -0.353 e. The third kappa shape index (κ3) is 2.22. The summed E-state index contributed by atoms with van der Waals surface area (Å²) in [5.74, 6) is 0.798. The molecule has 0 saturated heterocycles. The molecule has 90 valence electrons. The second-order valence-corrected chi connectivity index (χ2v) is 3.53. The highest BCUT2D eigenvalue weighted by atomic mass is 16.6. The molecule has 0 aliphatic heterocycles. The van der Waals surface area contributed by atoms with Gasteiger partial charge in [-0.1, -0.05) is 0 Å². The predicted octanol–water partition coefficient (Wildman–Crippen LogP) is 0.619. The molecular formula is C8H11N7O2. The fraction of sp³-hybridized carbons (Fsp3) is 0.375. The lowest BCUT2D eigenvalue weighted by Gasteiger charge is -2.08. The van der Waals surface area contributed by atoms with E-state index in [1.54, 1.807) is 14.0 Å². The van der Waals surface area contributed by atoms with E-state index in [0.717, 1.165) is 0 Å². The van der Waals surface area contributed by atoms with Gasteiger partial charge in [0.1, 0.15) is 18.3 Å². The van der Waals surface area contributed by atoms with Crippen LogP contribution < -0.4 is 5.32 Å². The molecule has 9 nitrogen and oxygen atoms in total. The normalized spacial score (nSPS) is 12.4. The van der Waals surface area contributed by atoms with E-state index >= 15 is 0 Å². The molecule has 2 heterocycles. The van der Waals surface area contributed by atoms with Crippen LogP contribution in [0.15, 0.2) is 12.5 Å². The highest BCUT2D eigenvalue weighted by Gasteiger charge is 2.21. The summed E-state index contributed by atoms with van der Waals surface area (Å²) in [7, 11) is 1.62. The molecule has 0 aliphatic carbocycles. The second kappa shape index (κ2) is 4.20. The molecule has 0 aromatic carbocycles. The quantitative estimate of drug-likeness (QED) is 0.595. The number of anilines is 1. The van der Waals surface area contributed by atoms with Gasteiger partial charge in [-0.05, 0) is 6.92 Å². The first kappa shape index (κ1) is 11.0. The molecule has 2 N–H and O–H groups in total. The van der Waals surface area contributed by atoms with Gasteiger partial charge in [-0.25, -0.2) is 4.98 Å². The van der Waals surface area contributed by atoms with Gasteiger partial charge in [0.2, 0.25) is 5.82 Å². The summed E-state index contributed by atoms with van der Waals surface area (Å²) in [5, 5.41) is 24.1. The van der Waals surface area contributed by atoms with E-state index in [4.69, 9.17) is 0 Å². The Morgan fingerprint density at radius 1 is 1.65 bits per heavy atom. The van der Waals surface area contributed by atoms with Crippen LogP contribution in [0.25, 0.3) is 0 Å². The number of hydrogen-bond donors (Lipinski definition) is 2. The predicted molar refractivity (Wildman–Crippen MR) is 58.3 cm³/mol. The molecular weight excluding hydrogens is 226 g/mol. The molecule has 0 amide bonds. The van der Waals surface area contributed by atoms with E-state index in [2.05, 4.69) is 25.6 Å². The van der Waals surface area contributed by atoms with Crippen LogP contribution in [0.3, 0.4) is 0 Å². The maximum absolute atomic E-state index is 10.8. The monoisotopic (exact) mass is 237 g/mol. The van der Waals surface area contributed by atoms with Crippen LogP contribution in [-0.2, 0) is 7.05 Å². The summed E-state index contributed by atoms with van der Waals surface area (Å²) in [4.78, 5) is 14.3. The van der Waals surface area contributed by atoms with Gasteiger partial charge in [0.05, 0.1) is 11.0 Å². The smallest absolute Gasteiger partial charge is 0.330 e. The SMILES string of the molecule is CC(Nc1nn(C)cc1[N+](=O)[O-])c1ncn[nH]1. The van der Waals surface area contributed by atoms with E-state index in [9.17, 15) is 10.1 Å². The van der Waals surface area contributed by atoms with Gasteiger partial charge in [-0.15, -0.1) is 5.10 Å². The van der Waals surface area contributed by atoms with E-state index < -0.39 is 4.92 Å². The minimum absolute atomic E-state index is 0.0705. The standard InChI is InChI=1S/C8H11N7O2/c1-5(7-9-4-10-12-7)11-8-6(15(16)17)3-14(2)13-8/h3-5H,1-2H3,(H,11,13)(H,9,10,12). The number of aromatic amines is 1. The Morgan fingerprint density at radius 3 is 3.00 bits per heavy atom. The van der Waals surface area contributed by atoms with Crippen molar-refractivity contribution in [1.29, 1.82) is 0 Å². The van der Waals surface area contributed by atoms with Gasteiger partial charge in [0, 0.05) is 7.05 Å². The third-order valence-electron chi connectivity index (χ3n) is 2.20. The molecule has 0 saturated carbocycles. The van der Waals surface area contributed by atoms with E-state index in [-0.39, 0.29) is 17.5 Å². The Labute approximate surface area is 96.0 Å². The molecule has 2 aromatic heterocycles. The number of nitrogens with one attached hydrogen (secondary N) is 2. The van der Waals surface area contributed by atoms with E-state index in [1.807, 2.05) is 0 Å². The summed E-state index contributed by atoms with van der Waals surface area (Å²) >= 11 is 0. The summed E-state index contributed by atoms with van der Waals surface area (Å²) in [6, 6.07) is -0.244. The largest absolute Gasteiger partial charge is 0.353 e. The van der Waals surface area contributed by atoms with E-state index in [1.165, 1.54) is 17.2 Å². The summed E-state index contributed by atoms with van der Waals surface area (Å²) in [6.07, 6.45) is 2.72. The minimum atomic E-state index is -0.484. The molecule has 1 atom stereocenters. The lowest BCUT2D eigenvalue weighted by Crippen LogP contribution is -2.10. The molecule has 9 heteroatoms. The molecule has 2 rings (SSSR count). The van der Waals surface area contributed by atoms with Crippen molar-refractivity contribution in [2.45, 2.75) is 13.0 Å². The topological polar surface area (TPSA) is 115 Å². The van der Waals surface area contributed by atoms with Crippen LogP contribution in [0.5, 0.6) is 0 Å². The van der Waals surface area contributed by atoms with Gasteiger partial charge in [0.25, 0.3) is 0 Å². The van der Waals surface area contributed by atoms with Crippen molar-refractivity contribution in [3.63, 3.8) is 0 Å². The highest BCUT2D eigenvalue weighted by molar-refractivity contribution is 5.55. The molecule has 17 heavy (non-hydrogen) atoms. The van der Waals surface area contributed by atoms with Crippen LogP contribution in [0.4, 0.5) is 11.5 Å². The Bertz CT molecular complexity index is 518. The number of hydrogen-bond acceptors (Lipinski definition) is 6. The lowest BCUT2D eigenvalue weighted by atomic mass is 10.3. The summed E-state index contributed by atoms with van der Waals surface area (Å²) < 4.78 is 1.38. The fourth-order valence-electron chi connectivity index (χ4n) is 1.41. The van der Waals surface area contributed by atoms with Crippen LogP contribution in [0.1, 0.15) is 18.8 Å². The first-order valence-electron chi connectivity index (χ1n) is 4.87. The first-order chi connectivity index (χ1) is 8.08. The molecule has 2 aromatic rings. The lowest BCUT2D eigenvalue weighted by molar-refractivity contribution is -0.384. The number of H-pyrrole nitrogens is 1. The van der Waals surface area contributed by atoms with Gasteiger partial charge < -0.3 is 5.32 Å². The maximum atomic E-state index is 10.8. The first-order valence-corrected chi connectivity index (χ1v) is 4.87. The number of nitro groups is 1. The van der Waals surface area contributed by atoms with Crippen molar-refractivity contribution in [2.24, 2.45) is 7.05 Å². The van der Waals surface area contributed by atoms with Crippen LogP contribution in [0.2, 0.25) is 0 Å². The van der Waals surface area contributed by atoms with Gasteiger partial charge in [0.15, 0.2) is 0 Å². The Balaban J connectivity index is 2.21. The number of aryl methyl sites for hydroxylation is 1. The van der Waals surface area contributed by atoms with Crippen molar-refractivity contribution < 1.29 is 4.92 Å². The zero-order chi connectivity index (χ0) is 12.4. The average Bonchev–Trinajstić information content (AvgIpc) is 2.86. The Morgan fingerprint density at radius 2 is 2.41 bits per heavy atom. The molecule has 0 spiro atoms. The molecule has 0 bridgehead atoms. The zero-order valence-corrected chi connectivity index (χ0v) is 9.28.